The van der Waals surface area contributed by atoms with Crippen molar-refractivity contribution in [2.24, 2.45) is 31.9 Å². The van der Waals surface area contributed by atoms with Gasteiger partial charge >= 0.3 is 0 Å². The van der Waals surface area contributed by atoms with Crippen LogP contribution in [0.25, 0.3) is 0 Å². The first kappa shape index (κ1) is 7.80. The Kier molecular flexibility index (Phi) is 2.27. The molecule has 4 N–H and O–H groups in total. The first-order valence-corrected chi connectivity index (χ1v) is 3.29. The molecule has 0 aromatic heterocycles. The predicted octanol–water partition coefficient (Wildman–Crippen LogP) is 0.337. The number of rotatable bonds is 2. The highest BCUT2D eigenvalue weighted by Crippen LogP contribution is 2.15. The van der Waals surface area contributed by atoms with Gasteiger partial charge in [0.05, 0.1) is 6.54 Å². The van der Waals surface area contributed by atoms with Gasteiger partial charge in [-0.25, -0.2) is 0 Å². The standard InChI is InChI=1S/C5H10N6/c1-2-8-9-3-4(6)10-11-5(3)7/h4H,2,6-7H2,1H3. The Labute approximate surface area is 64.1 Å². The Balaban J connectivity index is 2.72. The fourth-order valence-corrected chi connectivity index (χ4v) is 0.639. The molecule has 6 nitrogen and oxygen atoms in total. The lowest BCUT2D eigenvalue weighted by Gasteiger charge is -1.96. The van der Waals surface area contributed by atoms with Crippen molar-refractivity contribution in [1.29, 1.82) is 0 Å². The molecule has 0 fully saturated rings. The zero-order chi connectivity index (χ0) is 8.27. The molecular formula is C5H10N6. The van der Waals surface area contributed by atoms with Gasteiger partial charge in [0.1, 0.15) is 5.70 Å². The first-order chi connectivity index (χ1) is 5.25. The van der Waals surface area contributed by atoms with Gasteiger partial charge in [-0.2, -0.15) is 15.3 Å². The van der Waals surface area contributed by atoms with Gasteiger partial charge in [0.25, 0.3) is 0 Å². The minimum Gasteiger partial charge on any atom is -0.381 e. The van der Waals surface area contributed by atoms with E-state index in [-0.39, 0.29) is 5.82 Å². The van der Waals surface area contributed by atoms with Crippen molar-refractivity contribution in [3.8, 4) is 0 Å². The number of nitrogens with two attached hydrogens (primary N) is 2. The predicted molar refractivity (Wildman–Crippen MR) is 39.4 cm³/mol. The topological polar surface area (TPSA) is 101 Å². The molecular weight excluding hydrogens is 144 g/mol. The number of hydrogen-bond donors (Lipinski definition) is 2. The molecule has 1 unspecified atom stereocenters. The van der Waals surface area contributed by atoms with Gasteiger partial charge in [0.2, 0.25) is 0 Å². The summed E-state index contributed by atoms with van der Waals surface area (Å²) in [4.78, 5) is 0. The molecule has 1 aliphatic rings. The summed E-state index contributed by atoms with van der Waals surface area (Å²) in [5, 5.41) is 14.7. The van der Waals surface area contributed by atoms with Gasteiger partial charge < -0.3 is 11.5 Å². The molecule has 6 heteroatoms. The van der Waals surface area contributed by atoms with Crippen LogP contribution in [0.3, 0.4) is 0 Å². The molecule has 1 rings (SSSR count). The van der Waals surface area contributed by atoms with E-state index in [4.69, 9.17) is 11.5 Å². The SMILES string of the molecule is CCN=NC1=C(N)N=NC1N. The van der Waals surface area contributed by atoms with Gasteiger partial charge in [0.15, 0.2) is 12.0 Å². The maximum absolute atomic E-state index is 5.46. The molecule has 1 atom stereocenters. The van der Waals surface area contributed by atoms with Crippen LogP contribution in [-0.4, -0.2) is 12.7 Å². The zero-order valence-electron chi connectivity index (χ0n) is 6.23. The smallest absolute Gasteiger partial charge is 0.173 e. The van der Waals surface area contributed by atoms with Crippen molar-refractivity contribution in [3.05, 3.63) is 11.5 Å². The van der Waals surface area contributed by atoms with Crippen LogP contribution in [0.4, 0.5) is 0 Å². The van der Waals surface area contributed by atoms with Gasteiger partial charge in [0, 0.05) is 0 Å². The summed E-state index contributed by atoms with van der Waals surface area (Å²) < 4.78 is 0. The van der Waals surface area contributed by atoms with Gasteiger partial charge in [-0.3, -0.25) is 0 Å². The van der Waals surface area contributed by atoms with Gasteiger partial charge in [-0.1, -0.05) is 0 Å². The van der Waals surface area contributed by atoms with Crippen molar-refractivity contribution in [2.75, 3.05) is 6.54 Å². The Hall–Kier alpha value is -1.30. The van der Waals surface area contributed by atoms with E-state index in [1.807, 2.05) is 6.92 Å². The van der Waals surface area contributed by atoms with Crippen molar-refractivity contribution < 1.29 is 0 Å². The second-order valence-electron chi connectivity index (χ2n) is 1.99. The van der Waals surface area contributed by atoms with E-state index in [0.29, 0.717) is 12.2 Å². The minimum absolute atomic E-state index is 0.259. The summed E-state index contributed by atoms with van der Waals surface area (Å²) in [5.41, 5.74) is 11.3. The molecule has 0 aromatic carbocycles. The summed E-state index contributed by atoms with van der Waals surface area (Å²) in [6, 6.07) is 0. The van der Waals surface area contributed by atoms with Crippen LogP contribution in [0.2, 0.25) is 0 Å². The molecule has 11 heavy (non-hydrogen) atoms. The second-order valence-corrected chi connectivity index (χ2v) is 1.99. The normalized spacial score (nSPS) is 24.0. The van der Waals surface area contributed by atoms with E-state index in [1.165, 1.54) is 0 Å². The van der Waals surface area contributed by atoms with Crippen LogP contribution < -0.4 is 11.5 Å². The Bertz CT molecular complexity index is 227. The average molecular weight is 154 g/mol. The Morgan fingerprint density at radius 3 is 2.82 bits per heavy atom. The number of nitrogens with zero attached hydrogens (tertiary/aromatic N) is 4. The van der Waals surface area contributed by atoms with Crippen LogP contribution >= 0.6 is 0 Å². The van der Waals surface area contributed by atoms with E-state index < -0.39 is 6.17 Å². The second kappa shape index (κ2) is 3.20. The molecule has 1 aliphatic heterocycles. The number of hydrogen-bond acceptors (Lipinski definition) is 6. The molecule has 0 saturated heterocycles. The quantitative estimate of drug-likeness (QED) is 0.560. The van der Waals surface area contributed by atoms with E-state index in [0.717, 1.165) is 0 Å². The van der Waals surface area contributed by atoms with Crippen molar-refractivity contribution in [2.45, 2.75) is 13.1 Å². The molecule has 60 valence electrons. The monoisotopic (exact) mass is 154 g/mol. The lowest BCUT2D eigenvalue weighted by molar-refractivity contribution is 0.775. The van der Waals surface area contributed by atoms with Crippen molar-refractivity contribution in [3.63, 3.8) is 0 Å². The van der Waals surface area contributed by atoms with Crippen LogP contribution in [0.5, 0.6) is 0 Å². The molecule has 0 bridgehead atoms. The third-order valence-electron chi connectivity index (χ3n) is 1.15. The largest absolute Gasteiger partial charge is 0.381 e. The Morgan fingerprint density at radius 2 is 2.36 bits per heavy atom. The highest BCUT2D eigenvalue weighted by Gasteiger charge is 2.17. The molecule has 0 amide bonds. The van der Waals surface area contributed by atoms with E-state index in [1.54, 1.807) is 0 Å². The summed E-state index contributed by atoms with van der Waals surface area (Å²) in [5.74, 6) is 0.259. The maximum atomic E-state index is 5.46. The molecule has 0 aliphatic carbocycles. The molecule has 1 heterocycles. The zero-order valence-corrected chi connectivity index (χ0v) is 6.23. The van der Waals surface area contributed by atoms with Gasteiger partial charge in [-0.05, 0) is 6.92 Å². The van der Waals surface area contributed by atoms with Crippen LogP contribution in [-0.2, 0) is 0 Å². The number of azo groups is 2. The van der Waals surface area contributed by atoms with Crippen LogP contribution in [0.1, 0.15) is 6.92 Å². The lowest BCUT2D eigenvalue weighted by Crippen LogP contribution is -2.17. The first-order valence-electron chi connectivity index (χ1n) is 3.29. The Morgan fingerprint density at radius 1 is 1.64 bits per heavy atom. The van der Waals surface area contributed by atoms with E-state index >= 15 is 0 Å². The van der Waals surface area contributed by atoms with Crippen LogP contribution in [0, 0.1) is 0 Å². The molecule has 0 aromatic rings. The average Bonchev–Trinajstić information content (AvgIpc) is 2.29. The van der Waals surface area contributed by atoms with Crippen molar-refractivity contribution in [1.82, 2.24) is 0 Å². The van der Waals surface area contributed by atoms with E-state index in [9.17, 15) is 0 Å². The fourth-order valence-electron chi connectivity index (χ4n) is 0.639. The molecule has 0 saturated carbocycles. The highest BCUT2D eigenvalue weighted by molar-refractivity contribution is 5.16. The third kappa shape index (κ3) is 1.58. The van der Waals surface area contributed by atoms with Crippen LogP contribution in [0.15, 0.2) is 32.0 Å². The molecule has 0 radical (unpaired) electrons. The fraction of sp³-hybridized carbons (Fsp3) is 0.600. The maximum Gasteiger partial charge on any atom is 0.173 e. The summed E-state index contributed by atoms with van der Waals surface area (Å²) >= 11 is 0. The highest BCUT2D eigenvalue weighted by atomic mass is 15.3. The third-order valence-corrected chi connectivity index (χ3v) is 1.15. The van der Waals surface area contributed by atoms with E-state index in [2.05, 4.69) is 20.5 Å². The van der Waals surface area contributed by atoms with Crippen molar-refractivity contribution >= 4 is 0 Å². The van der Waals surface area contributed by atoms with Gasteiger partial charge in [-0.15, -0.1) is 5.11 Å². The summed E-state index contributed by atoms with van der Waals surface area (Å²) in [6.45, 7) is 2.47. The molecule has 0 spiro atoms. The summed E-state index contributed by atoms with van der Waals surface area (Å²) in [6.07, 6.45) is -0.537. The summed E-state index contributed by atoms with van der Waals surface area (Å²) in [7, 11) is 0. The minimum atomic E-state index is -0.537. The lowest BCUT2D eigenvalue weighted by atomic mass is 10.4.